The van der Waals surface area contributed by atoms with Crippen LogP contribution in [-0.4, -0.2) is 11.5 Å². The highest BCUT2D eigenvalue weighted by molar-refractivity contribution is 7.09. The molecule has 0 bridgehead atoms. The second-order valence-corrected chi connectivity index (χ2v) is 8.60. The van der Waals surface area contributed by atoms with Gasteiger partial charge in [0.25, 0.3) is 0 Å². The summed E-state index contributed by atoms with van der Waals surface area (Å²) in [6.45, 7) is 14.7. The van der Waals surface area contributed by atoms with Crippen LogP contribution in [0.2, 0.25) is 0 Å². The Balaban J connectivity index is 2.33. The van der Waals surface area contributed by atoms with Crippen LogP contribution in [0.5, 0.6) is 0 Å². The predicted octanol–water partition coefficient (Wildman–Crippen LogP) is 4.46. The molecule has 1 unspecified atom stereocenters. The van der Waals surface area contributed by atoms with Crippen LogP contribution in [0.25, 0.3) is 0 Å². The largest absolute Gasteiger partial charge is 0.306 e. The quantitative estimate of drug-likeness (QED) is 0.884. The molecule has 0 saturated heterocycles. The van der Waals surface area contributed by atoms with E-state index in [9.17, 15) is 0 Å². The zero-order chi connectivity index (χ0) is 14.3. The third kappa shape index (κ3) is 3.03. The zero-order valence-electron chi connectivity index (χ0n) is 13.3. The van der Waals surface area contributed by atoms with Crippen molar-refractivity contribution in [3.8, 4) is 0 Å². The van der Waals surface area contributed by atoms with E-state index in [-0.39, 0.29) is 11.0 Å². The molecule has 0 radical (unpaired) electrons. The van der Waals surface area contributed by atoms with Crippen LogP contribution in [0.1, 0.15) is 71.5 Å². The number of thiazole rings is 1. The van der Waals surface area contributed by atoms with Gasteiger partial charge in [-0.2, -0.15) is 0 Å². The molecule has 1 aromatic heterocycles. The molecule has 1 saturated carbocycles. The average Bonchev–Trinajstić information content (AvgIpc) is 2.83. The summed E-state index contributed by atoms with van der Waals surface area (Å²) in [6, 6.07) is 0. The van der Waals surface area contributed by atoms with Gasteiger partial charge < -0.3 is 5.32 Å². The van der Waals surface area contributed by atoms with Crippen molar-refractivity contribution in [3.05, 3.63) is 16.1 Å². The molecule has 108 valence electrons. The minimum absolute atomic E-state index is 0.117. The number of aromatic nitrogens is 1. The van der Waals surface area contributed by atoms with Crippen LogP contribution in [0.4, 0.5) is 0 Å². The Morgan fingerprint density at radius 3 is 2.42 bits per heavy atom. The van der Waals surface area contributed by atoms with Crippen molar-refractivity contribution in [1.29, 1.82) is 0 Å². The molecule has 0 aromatic carbocycles. The Morgan fingerprint density at radius 2 is 2.00 bits per heavy atom. The fourth-order valence-corrected chi connectivity index (χ4v) is 4.38. The second-order valence-electron chi connectivity index (χ2n) is 7.74. The summed E-state index contributed by atoms with van der Waals surface area (Å²) in [6.07, 6.45) is 3.69. The minimum Gasteiger partial charge on any atom is -0.306 e. The standard InChI is InChI=1S/C16H28N2S/c1-7-17-16(9-8-15(5,6)11-16)13-18-12(10-19-13)14(2,3)4/h10,17H,7-9,11H2,1-6H3. The summed E-state index contributed by atoms with van der Waals surface area (Å²) in [5.41, 5.74) is 1.92. The van der Waals surface area contributed by atoms with Gasteiger partial charge in [0.2, 0.25) is 0 Å². The van der Waals surface area contributed by atoms with Crippen LogP contribution in [-0.2, 0) is 11.0 Å². The van der Waals surface area contributed by atoms with Gasteiger partial charge in [-0.3, -0.25) is 0 Å². The molecule has 1 heterocycles. The van der Waals surface area contributed by atoms with Crippen LogP contribution in [0.3, 0.4) is 0 Å². The zero-order valence-corrected chi connectivity index (χ0v) is 14.1. The summed E-state index contributed by atoms with van der Waals surface area (Å²) in [5, 5.41) is 7.29. The maximum Gasteiger partial charge on any atom is 0.113 e. The molecule has 0 spiro atoms. The van der Waals surface area contributed by atoms with Crippen molar-refractivity contribution in [2.45, 2.75) is 71.8 Å². The first-order chi connectivity index (χ1) is 8.69. The van der Waals surface area contributed by atoms with E-state index in [1.54, 1.807) is 0 Å². The lowest BCUT2D eigenvalue weighted by Gasteiger charge is -2.30. The van der Waals surface area contributed by atoms with E-state index in [0.29, 0.717) is 5.41 Å². The van der Waals surface area contributed by atoms with Gasteiger partial charge in [-0.05, 0) is 31.2 Å². The van der Waals surface area contributed by atoms with Crippen LogP contribution >= 0.6 is 11.3 Å². The lowest BCUT2D eigenvalue weighted by Crippen LogP contribution is -2.40. The maximum atomic E-state index is 4.98. The first kappa shape index (κ1) is 15.0. The highest BCUT2D eigenvalue weighted by Gasteiger charge is 2.45. The van der Waals surface area contributed by atoms with Crippen molar-refractivity contribution in [3.63, 3.8) is 0 Å². The van der Waals surface area contributed by atoms with E-state index >= 15 is 0 Å². The predicted molar refractivity (Wildman–Crippen MR) is 83.8 cm³/mol. The van der Waals surface area contributed by atoms with Gasteiger partial charge in [0.1, 0.15) is 5.01 Å². The van der Waals surface area contributed by atoms with Crippen LogP contribution < -0.4 is 5.32 Å². The van der Waals surface area contributed by atoms with Crippen molar-refractivity contribution < 1.29 is 0 Å². The molecule has 1 aliphatic rings. The van der Waals surface area contributed by atoms with E-state index < -0.39 is 0 Å². The lowest BCUT2D eigenvalue weighted by molar-refractivity contribution is 0.292. The van der Waals surface area contributed by atoms with Gasteiger partial charge in [0.15, 0.2) is 0 Å². The topological polar surface area (TPSA) is 24.9 Å². The van der Waals surface area contributed by atoms with Gasteiger partial charge in [0, 0.05) is 10.8 Å². The fraction of sp³-hybridized carbons (Fsp3) is 0.812. The summed E-state index contributed by atoms with van der Waals surface area (Å²) in [5.74, 6) is 0. The van der Waals surface area contributed by atoms with Gasteiger partial charge in [-0.15, -0.1) is 11.3 Å². The van der Waals surface area contributed by atoms with Crippen molar-refractivity contribution in [2.24, 2.45) is 5.41 Å². The molecular formula is C16H28N2S. The number of nitrogens with one attached hydrogen (secondary N) is 1. The Kier molecular flexibility index (Phi) is 3.83. The SMILES string of the molecule is CCNC1(c2nc(C(C)(C)C)cs2)CCC(C)(C)C1. The summed E-state index contributed by atoms with van der Waals surface area (Å²) < 4.78 is 0. The molecule has 0 amide bonds. The molecule has 0 aliphatic heterocycles. The molecule has 1 fully saturated rings. The first-order valence-electron chi connectivity index (χ1n) is 7.40. The highest BCUT2D eigenvalue weighted by Crippen LogP contribution is 2.49. The molecule has 1 atom stereocenters. The van der Waals surface area contributed by atoms with E-state index in [1.165, 1.54) is 30.0 Å². The summed E-state index contributed by atoms with van der Waals surface area (Å²) >= 11 is 1.84. The van der Waals surface area contributed by atoms with Crippen LogP contribution in [0, 0.1) is 5.41 Å². The third-order valence-electron chi connectivity index (χ3n) is 4.21. The molecule has 2 rings (SSSR count). The van der Waals surface area contributed by atoms with Crippen LogP contribution in [0.15, 0.2) is 5.38 Å². The fourth-order valence-electron chi connectivity index (χ4n) is 3.13. The monoisotopic (exact) mass is 280 g/mol. The number of hydrogen-bond acceptors (Lipinski definition) is 3. The molecule has 1 N–H and O–H groups in total. The van der Waals surface area contributed by atoms with E-state index in [4.69, 9.17) is 4.98 Å². The van der Waals surface area contributed by atoms with Gasteiger partial charge in [-0.25, -0.2) is 4.98 Å². The summed E-state index contributed by atoms with van der Waals surface area (Å²) in [4.78, 5) is 4.98. The van der Waals surface area contributed by atoms with Crippen molar-refractivity contribution in [1.82, 2.24) is 10.3 Å². The second kappa shape index (κ2) is 4.85. The Hall–Kier alpha value is -0.410. The Labute approximate surface area is 122 Å². The Morgan fingerprint density at radius 1 is 1.32 bits per heavy atom. The van der Waals surface area contributed by atoms with E-state index in [2.05, 4.69) is 52.2 Å². The maximum absolute atomic E-state index is 4.98. The highest BCUT2D eigenvalue weighted by atomic mass is 32.1. The Bertz CT molecular complexity index is 442. The normalized spacial score (nSPS) is 26.8. The molecule has 1 aliphatic carbocycles. The first-order valence-corrected chi connectivity index (χ1v) is 8.28. The lowest BCUT2D eigenvalue weighted by atomic mass is 9.87. The third-order valence-corrected chi connectivity index (χ3v) is 5.25. The molecule has 1 aromatic rings. The van der Waals surface area contributed by atoms with Gasteiger partial charge >= 0.3 is 0 Å². The van der Waals surface area contributed by atoms with Gasteiger partial charge in [0.05, 0.1) is 11.2 Å². The van der Waals surface area contributed by atoms with Crippen molar-refractivity contribution >= 4 is 11.3 Å². The average molecular weight is 280 g/mol. The molecule has 2 nitrogen and oxygen atoms in total. The molecular weight excluding hydrogens is 252 g/mol. The van der Waals surface area contributed by atoms with Crippen molar-refractivity contribution in [2.75, 3.05) is 6.54 Å². The molecule has 19 heavy (non-hydrogen) atoms. The van der Waals surface area contributed by atoms with E-state index in [1.807, 2.05) is 11.3 Å². The van der Waals surface area contributed by atoms with Gasteiger partial charge in [-0.1, -0.05) is 41.5 Å². The summed E-state index contributed by atoms with van der Waals surface area (Å²) in [7, 11) is 0. The molecule has 3 heteroatoms. The number of nitrogens with zero attached hydrogens (tertiary/aromatic N) is 1. The smallest absolute Gasteiger partial charge is 0.113 e. The van der Waals surface area contributed by atoms with E-state index in [0.717, 1.165) is 6.54 Å². The minimum atomic E-state index is 0.117. The number of rotatable bonds is 3. The number of hydrogen-bond donors (Lipinski definition) is 1.